The van der Waals surface area contributed by atoms with Crippen molar-refractivity contribution in [1.29, 1.82) is 0 Å². The molecule has 0 unspecified atom stereocenters. The SMILES string of the molecule is CO/N=C1/C=C2CC[C@@H]3[C@H](CC[C@]4(C)/C(=N/OC)CC[C@@H]34)[C@@]2(CO[Si](C)(C)C)CC1. The van der Waals surface area contributed by atoms with E-state index in [1.165, 1.54) is 37.8 Å². The molecule has 0 bridgehead atoms. The molecule has 4 aliphatic rings. The van der Waals surface area contributed by atoms with Crippen molar-refractivity contribution in [3.05, 3.63) is 11.6 Å². The Hall–Kier alpha value is -1.14. The number of nitrogens with zero attached hydrogens (tertiary/aromatic N) is 2. The van der Waals surface area contributed by atoms with Crippen LogP contribution in [0.5, 0.6) is 0 Å². The number of allylic oxidation sites excluding steroid dienone is 1. The Kier molecular flexibility index (Phi) is 5.95. The highest BCUT2D eigenvalue weighted by Crippen LogP contribution is 2.64. The monoisotopic (exact) mass is 432 g/mol. The van der Waals surface area contributed by atoms with Crippen molar-refractivity contribution in [2.24, 2.45) is 38.9 Å². The molecule has 3 saturated carbocycles. The fraction of sp³-hybridized carbons (Fsp3) is 0.833. The molecule has 3 fully saturated rings. The lowest BCUT2D eigenvalue weighted by atomic mass is 9.47. The molecule has 6 heteroatoms. The molecule has 168 valence electrons. The van der Waals surface area contributed by atoms with Crippen LogP contribution in [0, 0.1) is 28.6 Å². The molecule has 30 heavy (non-hydrogen) atoms. The van der Waals surface area contributed by atoms with Crippen LogP contribution in [0.15, 0.2) is 22.0 Å². The molecule has 0 aromatic rings. The lowest BCUT2D eigenvalue weighted by molar-refractivity contribution is -0.0451. The standard InChI is InChI=1S/C24H40N2O3Si/c1-23-13-12-21-19(20(23)9-10-22(23)26-28-3)8-7-17-15-18(25-27-2)11-14-24(17,21)16-29-30(4,5)6/h15,19-21H,7-14,16H2,1-6H3/b25-18+,26-22+/t19-,20-,21-,23-,24+/m0/s1. The van der Waals surface area contributed by atoms with Crippen LogP contribution in [0.2, 0.25) is 19.6 Å². The first-order valence-electron chi connectivity index (χ1n) is 11.8. The zero-order chi connectivity index (χ0) is 21.6. The molecule has 0 spiro atoms. The summed E-state index contributed by atoms with van der Waals surface area (Å²) in [6.45, 7) is 10.3. The number of fused-ring (bicyclic) bond motifs is 5. The lowest BCUT2D eigenvalue weighted by Gasteiger charge is -2.58. The Labute approximate surface area is 183 Å². The second-order valence-corrected chi connectivity index (χ2v) is 15.6. The summed E-state index contributed by atoms with van der Waals surface area (Å²) in [6.07, 6.45) is 11.8. The van der Waals surface area contributed by atoms with Crippen LogP contribution in [0.4, 0.5) is 0 Å². The maximum absolute atomic E-state index is 6.65. The summed E-state index contributed by atoms with van der Waals surface area (Å²) >= 11 is 0. The summed E-state index contributed by atoms with van der Waals surface area (Å²) in [5.41, 5.74) is 4.39. The molecule has 0 aliphatic heterocycles. The van der Waals surface area contributed by atoms with Gasteiger partial charge in [0.15, 0.2) is 8.32 Å². The van der Waals surface area contributed by atoms with Gasteiger partial charge in [0.1, 0.15) is 14.2 Å². The lowest BCUT2D eigenvalue weighted by Crippen LogP contribution is -2.54. The van der Waals surface area contributed by atoms with Gasteiger partial charge in [-0.15, -0.1) is 0 Å². The fourth-order valence-corrected chi connectivity index (χ4v) is 7.92. The highest BCUT2D eigenvalue weighted by Gasteiger charge is 2.59. The molecule has 4 aliphatic carbocycles. The van der Waals surface area contributed by atoms with Crippen molar-refractivity contribution in [2.75, 3.05) is 20.8 Å². The quantitative estimate of drug-likeness (QED) is 0.408. The molecule has 0 amide bonds. The molecule has 0 N–H and O–H groups in total. The van der Waals surface area contributed by atoms with Gasteiger partial charge in [0, 0.05) is 17.4 Å². The van der Waals surface area contributed by atoms with Gasteiger partial charge in [-0.05, 0) is 94.8 Å². The minimum Gasteiger partial charge on any atom is -0.417 e. The van der Waals surface area contributed by atoms with Gasteiger partial charge in [-0.2, -0.15) is 0 Å². The minimum atomic E-state index is -1.59. The zero-order valence-electron chi connectivity index (χ0n) is 19.8. The number of hydrogen-bond donors (Lipinski definition) is 0. The Morgan fingerprint density at radius 1 is 0.967 bits per heavy atom. The van der Waals surface area contributed by atoms with Crippen molar-refractivity contribution in [1.82, 2.24) is 0 Å². The number of oxime groups is 2. The van der Waals surface area contributed by atoms with E-state index >= 15 is 0 Å². The Morgan fingerprint density at radius 3 is 2.43 bits per heavy atom. The van der Waals surface area contributed by atoms with E-state index in [4.69, 9.17) is 14.1 Å². The maximum Gasteiger partial charge on any atom is 0.183 e. The first-order chi connectivity index (χ1) is 14.2. The predicted molar refractivity (Wildman–Crippen MR) is 124 cm³/mol. The highest BCUT2D eigenvalue weighted by molar-refractivity contribution is 6.69. The van der Waals surface area contributed by atoms with E-state index in [9.17, 15) is 0 Å². The maximum atomic E-state index is 6.65. The fourth-order valence-electron chi connectivity index (χ4n) is 7.23. The molecule has 5 atom stereocenters. The Bertz CT molecular complexity index is 756. The average molecular weight is 433 g/mol. The third kappa shape index (κ3) is 3.68. The number of hydrogen-bond acceptors (Lipinski definition) is 5. The first kappa shape index (κ1) is 22.1. The van der Waals surface area contributed by atoms with Crippen LogP contribution < -0.4 is 0 Å². The van der Waals surface area contributed by atoms with E-state index < -0.39 is 8.32 Å². The Balaban J connectivity index is 1.68. The second kappa shape index (κ2) is 8.08. The summed E-state index contributed by atoms with van der Waals surface area (Å²) in [6, 6.07) is 0. The molecule has 5 nitrogen and oxygen atoms in total. The van der Waals surface area contributed by atoms with Crippen molar-refractivity contribution < 1.29 is 14.1 Å². The smallest absolute Gasteiger partial charge is 0.183 e. The normalized spacial score (nSPS) is 41.1. The van der Waals surface area contributed by atoms with Crippen LogP contribution in [-0.2, 0) is 14.1 Å². The van der Waals surface area contributed by atoms with Crippen LogP contribution in [0.3, 0.4) is 0 Å². The molecule has 0 aromatic heterocycles. The van der Waals surface area contributed by atoms with Gasteiger partial charge >= 0.3 is 0 Å². The summed E-state index contributed by atoms with van der Waals surface area (Å²) < 4.78 is 6.65. The molecule has 0 heterocycles. The van der Waals surface area contributed by atoms with Crippen molar-refractivity contribution >= 4 is 19.7 Å². The number of rotatable bonds is 5. The van der Waals surface area contributed by atoms with Gasteiger partial charge in [-0.3, -0.25) is 0 Å². The second-order valence-electron chi connectivity index (χ2n) is 11.1. The minimum absolute atomic E-state index is 0.179. The van der Waals surface area contributed by atoms with Crippen LogP contribution in [0.25, 0.3) is 0 Å². The van der Waals surface area contributed by atoms with Crippen LogP contribution in [-0.4, -0.2) is 40.6 Å². The van der Waals surface area contributed by atoms with E-state index in [0.29, 0.717) is 5.92 Å². The van der Waals surface area contributed by atoms with E-state index in [0.717, 1.165) is 43.4 Å². The van der Waals surface area contributed by atoms with Gasteiger partial charge in [-0.25, -0.2) is 0 Å². The van der Waals surface area contributed by atoms with Crippen molar-refractivity contribution in [2.45, 2.75) is 77.9 Å². The first-order valence-corrected chi connectivity index (χ1v) is 15.2. The van der Waals surface area contributed by atoms with Gasteiger partial charge in [0.05, 0.1) is 11.4 Å². The topological polar surface area (TPSA) is 52.4 Å². The Morgan fingerprint density at radius 2 is 1.73 bits per heavy atom. The molecular formula is C24H40N2O3Si. The van der Waals surface area contributed by atoms with E-state index in [1.807, 2.05) is 0 Å². The highest BCUT2D eigenvalue weighted by atomic mass is 28.4. The van der Waals surface area contributed by atoms with Crippen LogP contribution in [0.1, 0.15) is 58.3 Å². The van der Waals surface area contributed by atoms with E-state index in [1.54, 1.807) is 19.8 Å². The third-order valence-corrected chi connectivity index (χ3v) is 9.63. The van der Waals surface area contributed by atoms with Gasteiger partial charge in [0.2, 0.25) is 0 Å². The van der Waals surface area contributed by atoms with Crippen molar-refractivity contribution in [3.63, 3.8) is 0 Å². The molecule has 0 aromatic carbocycles. The van der Waals surface area contributed by atoms with E-state index in [-0.39, 0.29) is 10.8 Å². The predicted octanol–water partition coefficient (Wildman–Crippen LogP) is 5.79. The zero-order valence-corrected chi connectivity index (χ0v) is 20.8. The molecule has 0 saturated heterocycles. The largest absolute Gasteiger partial charge is 0.417 e. The summed E-state index contributed by atoms with van der Waals surface area (Å²) in [4.78, 5) is 10.3. The molecular weight excluding hydrogens is 392 g/mol. The van der Waals surface area contributed by atoms with Crippen LogP contribution >= 0.6 is 0 Å². The summed E-state index contributed by atoms with van der Waals surface area (Å²) in [5, 5.41) is 8.76. The summed E-state index contributed by atoms with van der Waals surface area (Å²) in [7, 11) is 1.75. The summed E-state index contributed by atoms with van der Waals surface area (Å²) in [5.74, 6) is 2.19. The van der Waals surface area contributed by atoms with Gasteiger partial charge in [-0.1, -0.05) is 22.8 Å². The average Bonchev–Trinajstić information content (AvgIpc) is 3.03. The van der Waals surface area contributed by atoms with Gasteiger partial charge in [0.25, 0.3) is 0 Å². The van der Waals surface area contributed by atoms with Gasteiger partial charge < -0.3 is 14.1 Å². The van der Waals surface area contributed by atoms with E-state index in [2.05, 4.69) is 43.0 Å². The molecule has 4 rings (SSSR count). The molecule has 0 radical (unpaired) electrons. The van der Waals surface area contributed by atoms with Crippen molar-refractivity contribution in [3.8, 4) is 0 Å². The third-order valence-electron chi connectivity index (χ3n) is 8.62.